The van der Waals surface area contributed by atoms with Gasteiger partial charge in [-0.1, -0.05) is 0 Å². The topological polar surface area (TPSA) is 59.2 Å². The molecule has 0 unspecified atom stereocenters. The number of ether oxygens (including phenoxy) is 1. The number of methoxy groups -OCH3 is 1. The minimum atomic E-state index is -0.306. The number of aromatic nitrogens is 1. The quantitative estimate of drug-likeness (QED) is 0.630. The Morgan fingerprint density at radius 1 is 1.38 bits per heavy atom. The van der Waals surface area contributed by atoms with Crippen LogP contribution in [0.1, 0.15) is 21.7 Å². The molecule has 1 N–H and O–H groups in total. The maximum absolute atomic E-state index is 11.8. The third kappa shape index (κ3) is 3.41. The number of ketones is 1. The zero-order valence-corrected chi connectivity index (χ0v) is 10.4. The third-order valence-corrected chi connectivity index (χ3v) is 3.04. The highest BCUT2D eigenvalue weighted by Crippen LogP contribution is 2.13. The molecule has 0 aliphatic heterocycles. The Morgan fingerprint density at radius 2 is 2.06 bits per heavy atom. The number of nitrogens with one attached hydrogen (secondary N) is 1. The van der Waals surface area contributed by atoms with Crippen LogP contribution in [0.25, 0.3) is 0 Å². The van der Waals surface area contributed by atoms with E-state index in [9.17, 15) is 9.59 Å². The fraction of sp³-hybridized carbons (Fsp3) is 0.455. The van der Waals surface area contributed by atoms with E-state index in [-0.39, 0.29) is 17.5 Å². The van der Waals surface area contributed by atoms with Crippen molar-refractivity contribution in [1.82, 2.24) is 4.98 Å². The summed E-state index contributed by atoms with van der Waals surface area (Å²) in [6.07, 6.45) is 0. The van der Waals surface area contributed by atoms with E-state index in [4.69, 9.17) is 0 Å². The molecule has 0 aromatic carbocycles. The zero-order valence-electron chi connectivity index (χ0n) is 9.62. The van der Waals surface area contributed by atoms with Crippen molar-refractivity contribution in [2.45, 2.75) is 13.8 Å². The van der Waals surface area contributed by atoms with Crippen molar-refractivity contribution in [2.75, 3.05) is 18.6 Å². The van der Waals surface area contributed by atoms with E-state index in [1.165, 1.54) is 18.9 Å². The lowest BCUT2D eigenvalue weighted by molar-refractivity contribution is -0.137. The summed E-state index contributed by atoms with van der Waals surface area (Å²) < 4.78 is 4.49. The third-order valence-electron chi connectivity index (χ3n) is 2.13. The summed E-state index contributed by atoms with van der Waals surface area (Å²) in [7, 11) is 1.34. The molecule has 0 atom stereocenters. The molecule has 0 spiro atoms. The van der Waals surface area contributed by atoms with Crippen LogP contribution in [0.15, 0.2) is 6.07 Å². The predicted octanol–water partition coefficient (Wildman–Crippen LogP) is 1.72. The molecule has 16 heavy (non-hydrogen) atoms. The number of H-pyrrole nitrogens is 1. The average Bonchev–Trinajstić information content (AvgIpc) is 2.57. The molecular weight excluding hydrogens is 226 g/mol. The number of hydrogen-bond acceptors (Lipinski definition) is 4. The summed E-state index contributed by atoms with van der Waals surface area (Å²) in [4.78, 5) is 25.7. The van der Waals surface area contributed by atoms with Gasteiger partial charge >= 0.3 is 5.97 Å². The smallest absolute Gasteiger partial charge is 0.315 e. The van der Waals surface area contributed by atoms with Gasteiger partial charge in [-0.3, -0.25) is 9.59 Å². The van der Waals surface area contributed by atoms with Crippen LogP contribution in [0.5, 0.6) is 0 Å². The van der Waals surface area contributed by atoms with Crippen LogP contribution in [0.4, 0.5) is 0 Å². The van der Waals surface area contributed by atoms with E-state index < -0.39 is 0 Å². The van der Waals surface area contributed by atoms with E-state index in [0.717, 1.165) is 11.4 Å². The van der Waals surface area contributed by atoms with E-state index in [1.54, 1.807) is 0 Å². The van der Waals surface area contributed by atoms with Crippen LogP contribution in [0.3, 0.4) is 0 Å². The lowest BCUT2D eigenvalue weighted by Gasteiger charge is -2.00. The number of thioether (sulfide) groups is 1. The van der Waals surface area contributed by atoms with Gasteiger partial charge in [-0.05, 0) is 19.9 Å². The van der Waals surface area contributed by atoms with Gasteiger partial charge in [0.15, 0.2) is 5.78 Å². The number of carbonyl (C=O) groups excluding carboxylic acids is 2. The van der Waals surface area contributed by atoms with Gasteiger partial charge in [-0.2, -0.15) is 0 Å². The fourth-order valence-electron chi connectivity index (χ4n) is 1.38. The molecule has 5 heteroatoms. The molecule has 0 radical (unpaired) electrons. The van der Waals surface area contributed by atoms with E-state index in [0.29, 0.717) is 11.3 Å². The summed E-state index contributed by atoms with van der Waals surface area (Å²) >= 11 is 1.27. The number of hydrogen-bond donors (Lipinski definition) is 1. The van der Waals surface area contributed by atoms with Gasteiger partial charge in [0.05, 0.1) is 18.6 Å². The molecule has 1 rings (SSSR count). The first-order valence-electron chi connectivity index (χ1n) is 4.88. The van der Waals surface area contributed by atoms with Crippen LogP contribution in [0, 0.1) is 13.8 Å². The van der Waals surface area contributed by atoms with E-state index in [2.05, 4.69) is 9.72 Å². The molecule has 0 bridgehead atoms. The molecule has 4 nitrogen and oxygen atoms in total. The number of aryl methyl sites for hydroxylation is 2. The Hall–Kier alpha value is -1.23. The maximum atomic E-state index is 11.8. The van der Waals surface area contributed by atoms with Crippen LogP contribution < -0.4 is 0 Å². The zero-order chi connectivity index (χ0) is 12.1. The molecule has 0 saturated heterocycles. The summed E-state index contributed by atoms with van der Waals surface area (Å²) in [6, 6.07) is 1.83. The summed E-state index contributed by atoms with van der Waals surface area (Å²) in [5.74, 6) is 0.244. The minimum absolute atomic E-state index is 0.0377. The highest BCUT2D eigenvalue weighted by atomic mass is 32.2. The Labute approximate surface area is 98.8 Å². The van der Waals surface area contributed by atoms with E-state index >= 15 is 0 Å². The number of esters is 1. The first kappa shape index (κ1) is 12.8. The molecule has 1 heterocycles. The second kappa shape index (κ2) is 5.75. The Kier molecular flexibility index (Phi) is 4.61. The molecule has 0 aliphatic carbocycles. The second-order valence-electron chi connectivity index (χ2n) is 3.48. The largest absolute Gasteiger partial charge is 0.468 e. The van der Waals surface area contributed by atoms with Gasteiger partial charge < -0.3 is 9.72 Å². The molecule has 88 valence electrons. The maximum Gasteiger partial charge on any atom is 0.315 e. The van der Waals surface area contributed by atoms with Crippen molar-refractivity contribution >= 4 is 23.5 Å². The molecule has 1 aromatic rings. The molecular formula is C11H15NO3S. The highest BCUT2D eigenvalue weighted by molar-refractivity contribution is 8.00. The first-order valence-corrected chi connectivity index (χ1v) is 6.04. The van der Waals surface area contributed by atoms with Crippen LogP contribution >= 0.6 is 11.8 Å². The summed E-state index contributed by atoms with van der Waals surface area (Å²) in [5.41, 5.74) is 2.55. The standard InChI is InChI=1S/C11H15NO3S/c1-7-4-9(8(2)12-7)10(13)5-16-6-11(14)15-3/h4,12H,5-6H2,1-3H3. The van der Waals surface area contributed by atoms with Crippen LogP contribution in [0.2, 0.25) is 0 Å². The Morgan fingerprint density at radius 3 is 2.56 bits per heavy atom. The molecule has 0 aliphatic rings. The molecule has 1 aromatic heterocycles. The van der Waals surface area contributed by atoms with Crippen molar-refractivity contribution in [3.8, 4) is 0 Å². The number of rotatable bonds is 5. The van der Waals surface area contributed by atoms with Gasteiger partial charge in [-0.25, -0.2) is 0 Å². The highest BCUT2D eigenvalue weighted by Gasteiger charge is 2.12. The van der Waals surface area contributed by atoms with Gasteiger partial charge in [0.1, 0.15) is 0 Å². The normalized spacial score (nSPS) is 10.2. The lowest BCUT2D eigenvalue weighted by Crippen LogP contribution is -2.08. The van der Waals surface area contributed by atoms with Crippen LogP contribution in [-0.2, 0) is 9.53 Å². The monoisotopic (exact) mass is 241 g/mol. The van der Waals surface area contributed by atoms with Crippen molar-refractivity contribution in [2.24, 2.45) is 0 Å². The SMILES string of the molecule is COC(=O)CSCC(=O)c1cc(C)[nH]c1C. The molecule has 0 fully saturated rings. The van der Waals surface area contributed by atoms with Gasteiger partial charge in [-0.15, -0.1) is 11.8 Å². The van der Waals surface area contributed by atoms with Crippen molar-refractivity contribution in [3.05, 3.63) is 23.0 Å². The van der Waals surface area contributed by atoms with Gasteiger partial charge in [0.25, 0.3) is 0 Å². The molecule has 0 saturated carbocycles. The minimum Gasteiger partial charge on any atom is -0.468 e. The van der Waals surface area contributed by atoms with E-state index in [1.807, 2.05) is 19.9 Å². The Balaban J connectivity index is 2.47. The van der Waals surface area contributed by atoms with Gasteiger partial charge in [0, 0.05) is 17.0 Å². The van der Waals surface area contributed by atoms with Crippen molar-refractivity contribution < 1.29 is 14.3 Å². The number of aromatic amines is 1. The van der Waals surface area contributed by atoms with Crippen molar-refractivity contribution in [3.63, 3.8) is 0 Å². The summed E-state index contributed by atoms with van der Waals surface area (Å²) in [6.45, 7) is 3.77. The van der Waals surface area contributed by atoms with Crippen LogP contribution in [-0.4, -0.2) is 35.4 Å². The second-order valence-corrected chi connectivity index (χ2v) is 4.47. The number of carbonyl (C=O) groups is 2. The molecule has 0 amide bonds. The van der Waals surface area contributed by atoms with Crippen molar-refractivity contribution in [1.29, 1.82) is 0 Å². The van der Waals surface area contributed by atoms with Gasteiger partial charge in [0.2, 0.25) is 0 Å². The number of Topliss-reactive ketones (excluding diaryl/α,β-unsaturated/α-hetero) is 1. The Bertz CT molecular complexity index is 398. The fourth-order valence-corrected chi connectivity index (χ4v) is 2.10. The summed E-state index contributed by atoms with van der Waals surface area (Å²) in [5, 5.41) is 0. The first-order chi connectivity index (χ1) is 7.54. The lowest BCUT2D eigenvalue weighted by atomic mass is 10.2. The average molecular weight is 241 g/mol. The predicted molar refractivity (Wildman–Crippen MR) is 63.9 cm³/mol.